The van der Waals surface area contributed by atoms with E-state index < -0.39 is 15.3 Å². The predicted octanol–water partition coefficient (Wildman–Crippen LogP) is 1.30. The first-order chi connectivity index (χ1) is 7.84. The molecule has 0 radical (unpaired) electrons. The maximum Gasteiger partial charge on any atom is 0.213 e. The molecule has 1 unspecified atom stereocenters. The van der Waals surface area contributed by atoms with Crippen LogP contribution in [0.2, 0.25) is 5.02 Å². The van der Waals surface area contributed by atoms with Gasteiger partial charge in [0.2, 0.25) is 10.0 Å². The van der Waals surface area contributed by atoms with Crippen LogP contribution in [0.15, 0.2) is 18.2 Å². The second-order valence-corrected chi connectivity index (χ2v) is 5.98. The number of nitriles is 1. The quantitative estimate of drug-likeness (QED) is 0.864. The Balaban J connectivity index is 2.72. The van der Waals surface area contributed by atoms with Gasteiger partial charge >= 0.3 is 0 Å². The number of hydrogen-bond acceptors (Lipinski definition) is 4. The first kappa shape index (κ1) is 13.8. The van der Waals surface area contributed by atoms with Crippen LogP contribution in [0.4, 0.5) is 5.69 Å². The maximum absolute atomic E-state index is 11.0. The summed E-state index contributed by atoms with van der Waals surface area (Å²) >= 11 is 5.83. The van der Waals surface area contributed by atoms with Gasteiger partial charge in [-0.1, -0.05) is 11.6 Å². The molecule has 0 saturated carbocycles. The fourth-order valence-electron chi connectivity index (χ4n) is 1.09. The average molecular weight is 274 g/mol. The van der Waals surface area contributed by atoms with Crippen molar-refractivity contribution in [3.8, 4) is 6.07 Å². The standard InChI is InChI=1S/C10H12ClN3O2S/c1-7(17(13,15)16)6-14-9-3-2-8(5-12)10(11)4-9/h2-4,7,14H,6H2,1H3,(H2,13,15,16). The van der Waals surface area contributed by atoms with Crippen molar-refractivity contribution < 1.29 is 8.42 Å². The zero-order chi connectivity index (χ0) is 13.1. The molecule has 5 nitrogen and oxygen atoms in total. The number of hydrogen-bond donors (Lipinski definition) is 2. The highest BCUT2D eigenvalue weighted by Crippen LogP contribution is 2.20. The number of primary sulfonamides is 1. The van der Waals surface area contributed by atoms with Crippen molar-refractivity contribution in [3.63, 3.8) is 0 Å². The summed E-state index contributed by atoms with van der Waals surface area (Å²) in [6.07, 6.45) is 0. The van der Waals surface area contributed by atoms with Crippen LogP contribution in [0.3, 0.4) is 0 Å². The summed E-state index contributed by atoms with van der Waals surface area (Å²) in [5.74, 6) is 0. The van der Waals surface area contributed by atoms with E-state index in [-0.39, 0.29) is 6.54 Å². The van der Waals surface area contributed by atoms with Gasteiger partial charge in [0.15, 0.2) is 0 Å². The molecule has 0 aliphatic rings. The van der Waals surface area contributed by atoms with E-state index in [1.54, 1.807) is 18.2 Å². The summed E-state index contributed by atoms with van der Waals surface area (Å²) in [6.45, 7) is 1.69. The second-order valence-electron chi connectivity index (χ2n) is 3.59. The van der Waals surface area contributed by atoms with Crippen LogP contribution < -0.4 is 10.5 Å². The van der Waals surface area contributed by atoms with Gasteiger partial charge in [0, 0.05) is 12.2 Å². The van der Waals surface area contributed by atoms with Crippen molar-refractivity contribution in [3.05, 3.63) is 28.8 Å². The van der Waals surface area contributed by atoms with E-state index >= 15 is 0 Å². The number of anilines is 1. The van der Waals surface area contributed by atoms with Gasteiger partial charge in [0.05, 0.1) is 15.8 Å². The molecule has 0 aromatic heterocycles. The van der Waals surface area contributed by atoms with Crippen molar-refractivity contribution in [2.45, 2.75) is 12.2 Å². The van der Waals surface area contributed by atoms with E-state index in [0.717, 1.165) is 0 Å². The lowest BCUT2D eigenvalue weighted by atomic mass is 10.2. The number of nitrogens with zero attached hydrogens (tertiary/aromatic N) is 1. The van der Waals surface area contributed by atoms with Crippen LogP contribution in [0.5, 0.6) is 0 Å². The third-order valence-electron chi connectivity index (χ3n) is 2.24. The third kappa shape index (κ3) is 3.89. The lowest BCUT2D eigenvalue weighted by Crippen LogP contribution is -2.31. The molecule has 0 bridgehead atoms. The molecule has 1 rings (SSSR count). The molecule has 0 spiro atoms. The largest absolute Gasteiger partial charge is 0.384 e. The Morgan fingerprint density at radius 2 is 2.24 bits per heavy atom. The van der Waals surface area contributed by atoms with E-state index in [2.05, 4.69) is 5.32 Å². The van der Waals surface area contributed by atoms with Crippen LogP contribution >= 0.6 is 11.6 Å². The highest BCUT2D eigenvalue weighted by molar-refractivity contribution is 7.89. The minimum Gasteiger partial charge on any atom is -0.384 e. The SMILES string of the molecule is CC(CNc1ccc(C#N)c(Cl)c1)S(N)(=O)=O. The van der Waals surface area contributed by atoms with Crippen LogP contribution in [0.25, 0.3) is 0 Å². The fourth-order valence-corrected chi connectivity index (χ4v) is 1.63. The summed E-state index contributed by atoms with van der Waals surface area (Å²) in [4.78, 5) is 0. The number of benzene rings is 1. The minimum atomic E-state index is -3.54. The Bertz CT molecular complexity index is 551. The van der Waals surface area contributed by atoms with Crippen LogP contribution in [-0.4, -0.2) is 20.2 Å². The topological polar surface area (TPSA) is 96.0 Å². The lowest BCUT2D eigenvalue weighted by molar-refractivity contribution is 0.587. The molecule has 3 N–H and O–H groups in total. The fraction of sp³-hybridized carbons (Fsp3) is 0.300. The van der Waals surface area contributed by atoms with Gasteiger partial charge < -0.3 is 5.32 Å². The highest BCUT2D eigenvalue weighted by atomic mass is 35.5. The van der Waals surface area contributed by atoms with E-state index in [0.29, 0.717) is 16.3 Å². The molecular formula is C10H12ClN3O2S. The van der Waals surface area contributed by atoms with Gasteiger partial charge in [-0.2, -0.15) is 5.26 Å². The summed E-state index contributed by atoms with van der Waals surface area (Å²) in [7, 11) is -3.54. The molecule has 0 heterocycles. The van der Waals surface area contributed by atoms with Gasteiger partial charge in [0.1, 0.15) is 6.07 Å². The van der Waals surface area contributed by atoms with Crippen LogP contribution in [0.1, 0.15) is 12.5 Å². The van der Waals surface area contributed by atoms with Crippen molar-refractivity contribution in [2.75, 3.05) is 11.9 Å². The number of rotatable bonds is 4. The molecule has 1 aromatic rings. The molecule has 0 amide bonds. The zero-order valence-electron chi connectivity index (χ0n) is 9.14. The van der Waals surface area contributed by atoms with Gasteiger partial charge in [0.25, 0.3) is 0 Å². The first-order valence-electron chi connectivity index (χ1n) is 4.79. The van der Waals surface area contributed by atoms with E-state index in [9.17, 15) is 8.42 Å². The van der Waals surface area contributed by atoms with Crippen LogP contribution in [-0.2, 0) is 10.0 Å². The zero-order valence-corrected chi connectivity index (χ0v) is 10.7. The van der Waals surface area contributed by atoms with E-state index in [1.165, 1.54) is 6.92 Å². The lowest BCUT2D eigenvalue weighted by Gasteiger charge is -2.11. The summed E-state index contributed by atoms with van der Waals surface area (Å²) < 4.78 is 22.0. The van der Waals surface area contributed by atoms with Gasteiger partial charge in [-0.05, 0) is 25.1 Å². The first-order valence-corrected chi connectivity index (χ1v) is 6.78. The Hall–Kier alpha value is -1.29. The predicted molar refractivity (Wildman–Crippen MR) is 67.2 cm³/mol. The Morgan fingerprint density at radius 3 is 2.71 bits per heavy atom. The summed E-state index contributed by atoms with van der Waals surface area (Å²) in [5.41, 5.74) is 1.02. The molecule has 1 aromatic carbocycles. The number of sulfonamides is 1. The third-order valence-corrected chi connectivity index (χ3v) is 3.85. The monoisotopic (exact) mass is 273 g/mol. The molecule has 0 aliphatic carbocycles. The summed E-state index contributed by atoms with van der Waals surface area (Å²) in [6, 6.07) is 6.72. The molecule has 7 heteroatoms. The average Bonchev–Trinajstić information content (AvgIpc) is 2.24. The maximum atomic E-state index is 11.0. The van der Waals surface area contributed by atoms with Crippen molar-refractivity contribution in [2.24, 2.45) is 5.14 Å². The number of halogens is 1. The Morgan fingerprint density at radius 1 is 1.59 bits per heavy atom. The Labute approximate surface area is 105 Å². The van der Waals surface area contributed by atoms with Gasteiger partial charge in [-0.3, -0.25) is 0 Å². The van der Waals surface area contributed by atoms with Crippen molar-refractivity contribution >= 4 is 27.3 Å². The molecule has 17 heavy (non-hydrogen) atoms. The van der Waals surface area contributed by atoms with E-state index in [1.807, 2.05) is 6.07 Å². The summed E-state index contributed by atoms with van der Waals surface area (Å²) in [5, 5.41) is 16.2. The van der Waals surface area contributed by atoms with Crippen LogP contribution in [0, 0.1) is 11.3 Å². The second kappa shape index (κ2) is 5.36. The molecule has 0 aliphatic heterocycles. The van der Waals surface area contributed by atoms with Crippen molar-refractivity contribution in [1.82, 2.24) is 0 Å². The molecular weight excluding hydrogens is 262 g/mol. The molecule has 0 fully saturated rings. The minimum absolute atomic E-state index is 0.182. The van der Waals surface area contributed by atoms with Gasteiger partial charge in [-0.25, -0.2) is 13.6 Å². The van der Waals surface area contributed by atoms with Crippen molar-refractivity contribution in [1.29, 1.82) is 5.26 Å². The smallest absolute Gasteiger partial charge is 0.213 e. The molecule has 0 saturated heterocycles. The molecule has 1 atom stereocenters. The van der Waals surface area contributed by atoms with E-state index in [4.69, 9.17) is 22.0 Å². The number of nitrogens with two attached hydrogens (primary N) is 1. The van der Waals surface area contributed by atoms with Gasteiger partial charge in [-0.15, -0.1) is 0 Å². The highest BCUT2D eigenvalue weighted by Gasteiger charge is 2.14. The number of nitrogens with one attached hydrogen (secondary N) is 1. The normalized spacial score (nSPS) is 12.8. The Kier molecular flexibility index (Phi) is 4.34. The molecule has 92 valence electrons.